The van der Waals surface area contributed by atoms with Gasteiger partial charge >= 0.3 is 6.03 Å². The van der Waals surface area contributed by atoms with Crippen molar-refractivity contribution < 1.29 is 14.3 Å². The molecule has 2 heterocycles. The maximum absolute atomic E-state index is 12.1. The number of ether oxygens (including phenoxy) is 1. The van der Waals surface area contributed by atoms with Crippen molar-refractivity contribution in [1.29, 1.82) is 0 Å². The first-order chi connectivity index (χ1) is 10.1. The Bertz CT molecular complexity index is 495. The summed E-state index contributed by atoms with van der Waals surface area (Å²) in [5, 5.41) is 2.92. The predicted octanol–water partition coefficient (Wildman–Crippen LogP) is 1.06. The third-order valence-corrected chi connectivity index (χ3v) is 4.40. The molecule has 0 aromatic carbocycles. The van der Waals surface area contributed by atoms with Gasteiger partial charge in [-0.3, -0.25) is 4.79 Å². The summed E-state index contributed by atoms with van der Waals surface area (Å²) >= 11 is 1.69. The summed E-state index contributed by atoms with van der Waals surface area (Å²) in [5.41, 5.74) is 0. The molecule has 1 saturated heterocycles. The smallest absolute Gasteiger partial charge is 0.317 e. The van der Waals surface area contributed by atoms with E-state index in [0.717, 1.165) is 4.88 Å². The predicted molar refractivity (Wildman–Crippen MR) is 81.3 cm³/mol. The lowest BCUT2D eigenvalue weighted by Crippen LogP contribution is -2.53. The van der Waals surface area contributed by atoms with Crippen LogP contribution in [0.5, 0.6) is 0 Å². The van der Waals surface area contributed by atoms with Crippen LogP contribution in [0.4, 0.5) is 4.79 Å². The Hall–Kier alpha value is -1.60. The van der Waals surface area contributed by atoms with Gasteiger partial charge in [0.05, 0.1) is 6.54 Å². The number of rotatable bonds is 4. The molecule has 7 heteroatoms. The fraction of sp³-hybridized carbons (Fsp3) is 0.571. The van der Waals surface area contributed by atoms with Gasteiger partial charge in [0, 0.05) is 43.0 Å². The van der Waals surface area contributed by atoms with Crippen molar-refractivity contribution in [3.63, 3.8) is 0 Å². The van der Waals surface area contributed by atoms with E-state index in [0.29, 0.717) is 32.7 Å². The lowest BCUT2D eigenvalue weighted by Gasteiger charge is -2.34. The number of aryl methyl sites for hydroxylation is 1. The van der Waals surface area contributed by atoms with Gasteiger partial charge in [-0.2, -0.15) is 0 Å². The first-order valence-corrected chi connectivity index (χ1v) is 7.76. The van der Waals surface area contributed by atoms with Gasteiger partial charge < -0.3 is 19.9 Å². The summed E-state index contributed by atoms with van der Waals surface area (Å²) in [6.07, 6.45) is 0. The third kappa shape index (κ3) is 4.44. The number of piperazine rings is 1. The number of urea groups is 1. The number of thiophene rings is 1. The summed E-state index contributed by atoms with van der Waals surface area (Å²) < 4.78 is 4.84. The summed E-state index contributed by atoms with van der Waals surface area (Å²) in [6, 6.07) is 4.01. The number of carbonyl (C=O) groups excluding carboxylic acids is 2. The van der Waals surface area contributed by atoms with Gasteiger partial charge in [0.2, 0.25) is 5.91 Å². The second-order valence-electron chi connectivity index (χ2n) is 4.97. The van der Waals surface area contributed by atoms with Crippen molar-refractivity contribution in [3.8, 4) is 0 Å². The van der Waals surface area contributed by atoms with Crippen LogP contribution in [0.1, 0.15) is 9.75 Å². The summed E-state index contributed by atoms with van der Waals surface area (Å²) in [7, 11) is 1.51. The molecule has 116 valence electrons. The normalized spacial score (nSPS) is 15.1. The highest BCUT2D eigenvalue weighted by molar-refractivity contribution is 7.11. The van der Waals surface area contributed by atoms with E-state index in [9.17, 15) is 9.59 Å². The Kier molecular flexibility index (Phi) is 5.58. The van der Waals surface area contributed by atoms with Gasteiger partial charge in [0.1, 0.15) is 6.61 Å². The minimum Gasteiger partial charge on any atom is -0.375 e. The second kappa shape index (κ2) is 7.42. The molecular weight excluding hydrogens is 290 g/mol. The minimum absolute atomic E-state index is 0.0216. The summed E-state index contributed by atoms with van der Waals surface area (Å²) in [4.78, 5) is 29.6. The van der Waals surface area contributed by atoms with E-state index in [1.807, 2.05) is 19.1 Å². The molecule has 0 radical (unpaired) electrons. The average molecular weight is 311 g/mol. The zero-order chi connectivity index (χ0) is 15.2. The van der Waals surface area contributed by atoms with Crippen molar-refractivity contribution in [1.82, 2.24) is 15.1 Å². The van der Waals surface area contributed by atoms with Crippen molar-refractivity contribution in [2.45, 2.75) is 13.5 Å². The van der Waals surface area contributed by atoms with Crippen LogP contribution < -0.4 is 5.32 Å². The number of nitrogens with zero attached hydrogens (tertiary/aromatic N) is 2. The molecule has 6 nitrogen and oxygen atoms in total. The summed E-state index contributed by atoms with van der Waals surface area (Å²) in [5.74, 6) is -0.0216. The van der Waals surface area contributed by atoms with Crippen LogP contribution in [0, 0.1) is 6.92 Å². The fourth-order valence-corrected chi connectivity index (χ4v) is 3.06. The highest BCUT2D eigenvalue weighted by Gasteiger charge is 2.23. The van der Waals surface area contributed by atoms with Crippen LogP contribution in [-0.2, 0) is 16.1 Å². The van der Waals surface area contributed by atoms with Crippen molar-refractivity contribution in [3.05, 3.63) is 21.9 Å². The van der Waals surface area contributed by atoms with Gasteiger partial charge in [0.25, 0.3) is 0 Å². The highest BCUT2D eigenvalue weighted by atomic mass is 32.1. The van der Waals surface area contributed by atoms with Crippen LogP contribution in [0.25, 0.3) is 0 Å². The van der Waals surface area contributed by atoms with Crippen LogP contribution in [0.3, 0.4) is 0 Å². The Balaban J connectivity index is 1.74. The van der Waals surface area contributed by atoms with Crippen LogP contribution >= 0.6 is 11.3 Å². The SMILES string of the molecule is COCC(=O)N1CCN(C(=O)NCc2ccc(C)s2)CC1. The maximum atomic E-state index is 12.1. The first kappa shape index (κ1) is 15.8. The molecule has 1 aromatic heterocycles. The fourth-order valence-electron chi connectivity index (χ4n) is 2.23. The number of amides is 3. The van der Waals surface area contributed by atoms with Crippen LogP contribution in [-0.4, -0.2) is 61.6 Å². The van der Waals surface area contributed by atoms with Gasteiger partial charge in [0.15, 0.2) is 0 Å². The molecular formula is C14H21N3O3S. The molecule has 1 N–H and O–H groups in total. The van der Waals surface area contributed by atoms with E-state index in [1.165, 1.54) is 12.0 Å². The van der Waals surface area contributed by atoms with E-state index < -0.39 is 0 Å². The number of carbonyl (C=O) groups is 2. The molecule has 0 unspecified atom stereocenters. The quantitative estimate of drug-likeness (QED) is 0.904. The Morgan fingerprint density at radius 2 is 1.90 bits per heavy atom. The maximum Gasteiger partial charge on any atom is 0.317 e. The Labute approximate surface area is 128 Å². The van der Waals surface area contributed by atoms with Crippen LogP contribution in [0.15, 0.2) is 12.1 Å². The second-order valence-corrected chi connectivity index (χ2v) is 6.34. The number of nitrogens with one attached hydrogen (secondary N) is 1. The number of hydrogen-bond donors (Lipinski definition) is 1. The summed E-state index contributed by atoms with van der Waals surface area (Å²) in [6.45, 7) is 4.95. The zero-order valence-electron chi connectivity index (χ0n) is 12.4. The van der Waals surface area contributed by atoms with Gasteiger partial charge in [-0.05, 0) is 19.1 Å². The molecule has 0 bridgehead atoms. The van der Waals surface area contributed by atoms with E-state index in [-0.39, 0.29) is 18.5 Å². The molecule has 2 rings (SSSR count). The Morgan fingerprint density at radius 1 is 1.24 bits per heavy atom. The molecule has 1 aromatic rings. The molecule has 0 saturated carbocycles. The molecule has 0 aliphatic carbocycles. The number of hydrogen-bond acceptors (Lipinski definition) is 4. The topological polar surface area (TPSA) is 61.9 Å². The molecule has 0 spiro atoms. The molecule has 3 amide bonds. The van der Waals surface area contributed by atoms with Gasteiger partial charge in [-0.25, -0.2) is 4.79 Å². The van der Waals surface area contributed by atoms with Crippen molar-refractivity contribution in [2.24, 2.45) is 0 Å². The largest absolute Gasteiger partial charge is 0.375 e. The van der Waals surface area contributed by atoms with E-state index in [2.05, 4.69) is 5.32 Å². The molecule has 1 aliphatic rings. The molecule has 21 heavy (non-hydrogen) atoms. The monoisotopic (exact) mass is 311 g/mol. The third-order valence-electron chi connectivity index (χ3n) is 3.40. The zero-order valence-corrected chi connectivity index (χ0v) is 13.2. The molecule has 1 fully saturated rings. The lowest BCUT2D eigenvalue weighted by atomic mass is 10.3. The van der Waals surface area contributed by atoms with Gasteiger partial charge in [-0.15, -0.1) is 11.3 Å². The average Bonchev–Trinajstić information content (AvgIpc) is 2.91. The molecule has 0 atom stereocenters. The number of methoxy groups -OCH3 is 1. The van der Waals surface area contributed by atoms with E-state index in [4.69, 9.17) is 4.74 Å². The standard InChI is InChI=1S/C14H21N3O3S/c1-11-3-4-12(21-11)9-15-14(19)17-7-5-16(6-8-17)13(18)10-20-2/h3-4H,5-10H2,1-2H3,(H,15,19). The Morgan fingerprint density at radius 3 is 2.48 bits per heavy atom. The van der Waals surface area contributed by atoms with Gasteiger partial charge in [-0.1, -0.05) is 0 Å². The lowest BCUT2D eigenvalue weighted by molar-refractivity contribution is -0.136. The molecule has 1 aliphatic heterocycles. The first-order valence-electron chi connectivity index (χ1n) is 6.95. The van der Waals surface area contributed by atoms with Crippen LogP contribution in [0.2, 0.25) is 0 Å². The van der Waals surface area contributed by atoms with Crippen molar-refractivity contribution >= 4 is 23.3 Å². The highest BCUT2D eigenvalue weighted by Crippen LogP contribution is 2.14. The van der Waals surface area contributed by atoms with Crippen molar-refractivity contribution in [2.75, 3.05) is 39.9 Å². The minimum atomic E-state index is -0.0695. The van der Waals surface area contributed by atoms with E-state index in [1.54, 1.807) is 21.1 Å². The van der Waals surface area contributed by atoms with E-state index >= 15 is 0 Å².